The maximum Gasteiger partial charge on any atom is 0.249 e. The van der Waals surface area contributed by atoms with Crippen LogP contribution in [0.1, 0.15) is 31.2 Å². The Balaban J connectivity index is 1.96. The minimum Gasteiger partial charge on any atom is -0.493 e. The van der Waals surface area contributed by atoms with Crippen molar-refractivity contribution in [3.63, 3.8) is 0 Å². The van der Waals surface area contributed by atoms with E-state index < -0.39 is 5.41 Å². The lowest BCUT2D eigenvalue weighted by Crippen LogP contribution is -2.41. The molecule has 1 N–H and O–H groups in total. The molecular weight excluding hydrogens is 296 g/mol. The third kappa shape index (κ3) is 2.74. The second-order valence-corrected chi connectivity index (χ2v) is 5.67. The molecule has 1 heterocycles. The second kappa shape index (κ2) is 6.28. The molecule has 1 aromatic carbocycles. The van der Waals surface area contributed by atoms with Gasteiger partial charge in [0.1, 0.15) is 12.7 Å². The minimum absolute atomic E-state index is 0.0537. The summed E-state index contributed by atoms with van der Waals surface area (Å²) in [4.78, 5) is 12.9. The molecule has 0 aliphatic heterocycles. The van der Waals surface area contributed by atoms with Gasteiger partial charge in [-0.05, 0) is 30.5 Å². The van der Waals surface area contributed by atoms with Gasteiger partial charge in [0, 0.05) is 0 Å². The Bertz CT molecular complexity index is 679. The fourth-order valence-corrected chi connectivity index (χ4v) is 3.24. The molecule has 1 saturated carbocycles. The molecule has 0 bridgehead atoms. The molecule has 122 valence electrons. The molecule has 3 rings (SSSR count). The van der Waals surface area contributed by atoms with Crippen LogP contribution in [0.3, 0.4) is 0 Å². The van der Waals surface area contributed by atoms with Crippen molar-refractivity contribution >= 4 is 5.91 Å². The molecule has 2 aromatic rings. The summed E-state index contributed by atoms with van der Waals surface area (Å²) in [6.07, 6.45) is 6.57. The van der Waals surface area contributed by atoms with Crippen LogP contribution >= 0.6 is 0 Å². The van der Waals surface area contributed by atoms with E-state index in [1.165, 1.54) is 17.3 Å². The Hall–Kier alpha value is -2.57. The van der Waals surface area contributed by atoms with Gasteiger partial charge in [-0.1, -0.05) is 18.9 Å². The predicted molar refractivity (Wildman–Crippen MR) is 84.1 cm³/mol. The van der Waals surface area contributed by atoms with Crippen LogP contribution in [0.4, 0.5) is 0 Å². The van der Waals surface area contributed by atoms with E-state index in [0.29, 0.717) is 11.5 Å². The predicted octanol–water partition coefficient (Wildman–Crippen LogP) is 1.88. The first kappa shape index (κ1) is 15.3. The molecule has 7 heteroatoms. The zero-order valence-corrected chi connectivity index (χ0v) is 13.3. The van der Waals surface area contributed by atoms with Crippen LogP contribution in [0.15, 0.2) is 30.9 Å². The highest BCUT2D eigenvalue weighted by Crippen LogP contribution is 2.44. The van der Waals surface area contributed by atoms with E-state index in [1.807, 2.05) is 18.2 Å². The fraction of sp³-hybridized carbons (Fsp3) is 0.438. The van der Waals surface area contributed by atoms with Gasteiger partial charge >= 0.3 is 0 Å². The number of carbonyl (C=O) groups is 1. The van der Waals surface area contributed by atoms with Crippen molar-refractivity contribution in [2.24, 2.45) is 0 Å². The smallest absolute Gasteiger partial charge is 0.249 e. The van der Waals surface area contributed by atoms with E-state index in [1.54, 1.807) is 14.2 Å². The van der Waals surface area contributed by atoms with Crippen molar-refractivity contribution in [1.29, 1.82) is 0 Å². The number of carbonyl (C=O) groups excluding carboxylic acids is 1. The van der Waals surface area contributed by atoms with Crippen molar-refractivity contribution in [3.8, 4) is 11.5 Å². The summed E-state index contributed by atoms with van der Waals surface area (Å²) in [5, 5.41) is 7.42. The van der Waals surface area contributed by atoms with Gasteiger partial charge in [-0.25, -0.2) is 4.68 Å². The maximum atomic E-state index is 12.9. The van der Waals surface area contributed by atoms with Gasteiger partial charge in [0.2, 0.25) is 5.91 Å². The second-order valence-electron chi connectivity index (χ2n) is 5.67. The molecule has 0 atom stereocenters. The molecule has 0 unspecified atom stereocenters. The molecule has 1 aliphatic rings. The number of ether oxygens (including phenoxy) is 2. The number of hydrogen-bond acceptors (Lipinski definition) is 5. The van der Waals surface area contributed by atoms with E-state index in [-0.39, 0.29) is 5.91 Å². The average Bonchev–Trinajstić information content (AvgIpc) is 3.26. The first-order valence-corrected chi connectivity index (χ1v) is 7.58. The normalized spacial score (nSPS) is 16.1. The number of nitrogens with one attached hydrogen (secondary N) is 1. The van der Waals surface area contributed by atoms with E-state index >= 15 is 0 Å². The van der Waals surface area contributed by atoms with Crippen LogP contribution in [-0.4, -0.2) is 35.0 Å². The molecule has 7 nitrogen and oxygen atoms in total. The van der Waals surface area contributed by atoms with Crippen molar-refractivity contribution in [2.75, 3.05) is 19.6 Å². The number of amides is 1. The van der Waals surface area contributed by atoms with Crippen molar-refractivity contribution in [2.45, 2.75) is 31.1 Å². The number of nitrogens with zero attached hydrogens (tertiary/aromatic N) is 3. The van der Waals surface area contributed by atoms with Gasteiger partial charge in [-0.15, -0.1) is 10.2 Å². The fourth-order valence-electron chi connectivity index (χ4n) is 3.24. The van der Waals surface area contributed by atoms with Crippen molar-refractivity contribution in [1.82, 2.24) is 14.9 Å². The number of benzene rings is 1. The van der Waals surface area contributed by atoms with Gasteiger partial charge in [-0.2, -0.15) is 0 Å². The van der Waals surface area contributed by atoms with E-state index in [9.17, 15) is 4.79 Å². The van der Waals surface area contributed by atoms with Crippen molar-refractivity contribution < 1.29 is 14.3 Å². The SMILES string of the molecule is COc1ccc(C2(C(=O)Nn3cnnc3)CCCC2)cc1OC. The Kier molecular flexibility index (Phi) is 4.18. The van der Waals surface area contributed by atoms with Crippen LogP contribution < -0.4 is 14.9 Å². The Morgan fingerprint density at radius 2 is 1.78 bits per heavy atom. The lowest BCUT2D eigenvalue weighted by molar-refractivity contribution is -0.122. The van der Waals surface area contributed by atoms with Gasteiger partial charge < -0.3 is 9.47 Å². The lowest BCUT2D eigenvalue weighted by Gasteiger charge is -2.28. The Labute approximate surface area is 134 Å². The quantitative estimate of drug-likeness (QED) is 0.911. The summed E-state index contributed by atoms with van der Waals surface area (Å²) in [5.41, 5.74) is 3.23. The summed E-state index contributed by atoms with van der Waals surface area (Å²) in [5.74, 6) is 1.24. The summed E-state index contributed by atoms with van der Waals surface area (Å²) in [6, 6.07) is 5.69. The number of aromatic nitrogens is 3. The molecule has 1 fully saturated rings. The Morgan fingerprint density at radius 1 is 1.13 bits per heavy atom. The van der Waals surface area contributed by atoms with Crippen LogP contribution in [-0.2, 0) is 10.2 Å². The maximum absolute atomic E-state index is 12.9. The molecule has 1 aromatic heterocycles. The number of methoxy groups -OCH3 is 2. The molecule has 0 saturated heterocycles. The van der Waals surface area contributed by atoms with Crippen LogP contribution in [0.2, 0.25) is 0 Å². The largest absolute Gasteiger partial charge is 0.493 e. The zero-order chi connectivity index (χ0) is 16.3. The van der Waals surface area contributed by atoms with Crippen molar-refractivity contribution in [3.05, 3.63) is 36.4 Å². The van der Waals surface area contributed by atoms with Crippen LogP contribution in [0.25, 0.3) is 0 Å². The number of rotatable bonds is 5. The standard InChI is InChI=1S/C16H20N4O3/c1-22-13-6-5-12(9-14(13)23-2)16(7-3-4-8-16)15(21)19-20-10-17-18-11-20/h5-6,9-11H,3-4,7-8H2,1-2H3,(H,19,21). The van der Waals surface area contributed by atoms with E-state index in [2.05, 4.69) is 15.6 Å². The Morgan fingerprint density at radius 3 is 2.39 bits per heavy atom. The lowest BCUT2D eigenvalue weighted by atomic mass is 9.78. The first-order valence-electron chi connectivity index (χ1n) is 7.58. The molecule has 23 heavy (non-hydrogen) atoms. The monoisotopic (exact) mass is 316 g/mol. The molecular formula is C16H20N4O3. The first-order chi connectivity index (χ1) is 11.2. The highest BCUT2D eigenvalue weighted by atomic mass is 16.5. The van der Waals surface area contributed by atoms with E-state index in [0.717, 1.165) is 31.2 Å². The van der Waals surface area contributed by atoms with Crippen LogP contribution in [0.5, 0.6) is 11.5 Å². The molecule has 0 radical (unpaired) electrons. The highest BCUT2D eigenvalue weighted by Gasteiger charge is 2.43. The van der Waals surface area contributed by atoms with Crippen LogP contribution in [0, 0.1) is 0 Å². The van der Waals surface area contributed by atoms with Gasteiger partial charge in [-0.3, -0.25) is 10.2 Å². The summed E-state index contributed by atoms with van der Waals surface area (Å²) in [6.45, 7) is 0. The molecule has 1 aliphatic carbocycles. The van der Waals surface area contributed by atoms with E-state index in [4.69, 9.17) is 9.47 Å². The number of hydrogen-bond donors (Lipinski definition) is 1. The minimum atomic E-state index is -0.566. The molecule has 1 amide bonds. The summed E-state index contributed by atoms with van der Waals surface area (Å²) < 4.78 is 12.1. The third-order valence-electron chi connectivity index (χ3n) is 4.48. The average molecular weight is 316 g/mol. The van der Waals surface area contributed by atoms with Gasteiger partial charge in [0.15, 0.2) is 11.5 Å². The van der Waals surface area contributed by atoms with Gasteiger partial charge in [0.05, 0.1) is 19.6 Å². The third-order valence-corrected chi connectivity index (χ3v) is 4.48. The zero-order valence-electron chi connectivity index (χ0n) is 13.3. The summed E-state index contributed by atoms with van der Waals surface area (Å²) in [7, 11) is 3.20. The topological polar surface area (TPSA) is 78.3 Å². The molecule has 0 spiro atoms. The highest BCUT2D eigenvalue weighted by molar-refractivity contribution is 5.94. The summed E-state index contributed by atoms with van der Waals surface area (Å²) >= 11 is 0. The van der Waals surface area contributed by atoms with Gasteiger partial charge in [0.25, 0.3) is 0 Å².